The number of amides is 1. The van der Waals surface area contributed by atoms with E-state index in [1.165, 1.54) is 12.3 Å². The number of carbonyl (C=O) groups excluding carboxylic acids is 1. The molecule has 0 aromatic carbocycles. The molecule has 1 N–H and O–H groups in total. The van der Waals surface area contributed by atoms with Crippen molar-refractivity contribution in [1.82, 2.24) is 20.2 Å². The Morgan fingerprint density at radius 3 is 2.58 bits per heavy atom. The van der Waals surface area contributed by atoms with Gasteiger partial charge in [-0.2, -0.15) is 5.10 Å². The summed E-state index contributed by atoms with van der Waals surface area (Å²) in [6.07, 6.45) is 1.32. The Labute approximate surface area is 119 Å². The van der Waals surface area contributed by atoms with E-state index in [1.807, 2.05) is 0 Å². The molecule has 2 heterocycles. The molecule has 2 rings (SSSR count). The van der Waals surface area contributed by atoms with Gasteiger partial charge in [-0.25, -0.2) is 9.97 Å². The lowest BCUT2D eigenvalue weighted by molar-refractivity contribution is 0.102. The van der Waals surface area contributed by atoms with Gasteiger partial charge in [0.15, 0.2) is 0 Å². The highest BCUT2D eigenvalue weighted by Crippen LogP contribution is 2.20. The summed E-state index contributed by atoms with van der Waals surface area (Å²) in [5.41, 5.74) is 1.66. The number of carbonyl (C=O) groups is 1. The summed E-state index contributed by atoms with van der Waals surface area (Å²) >= 11 is 11.5. The zero-order chi connectivity index (χ0) is 14.0. The number of hydrogen-bond donors (Lipinski definition) is 1. The quantitative estimate of drug-likeness (QED) is 0.861. The van der Waals surface area contributed by atoms with E-state index in [0.29, 0.717) is 11.4 Å². The minimum absolute atomic E-state index is 0.124. The second kappa shape index (κ2) is 5.46. The first-order chi connectivity index (χ1) is 8.97. The Balaban J connectivity index is 2.20. The molecule has 0 aliphatic heterocycles. The lowest BCUT2D eigenvalue weighted by Gasteiger charge is -2.05. The van der Waals surface area contributed by atoms with E-state index in [2.05, 4.69) is 25.5 Å². The van der Waals surface area contributed by atoms with Crippen molar-refractivity contribution in [3.8, 4) is 0 Å². The van der Waals surface area contributed by atoms with Crippen LogP contribution < -0.4 is 5.32 Å². The predicted octanol–water partition coefficient (Wildman–Crippen LogP) is 2.44. The molecular formula is C11H9Cl2N5O. The van der Waals surface area contributed by atoms with E-state index in [1.54, 1.807) is 13.8 Å². The number of halogens is 2. The van der Waals surface area contributed by atoms with Gasteiger partial charge < -0.3 is 0 Å². The SMILES string of the molecule is Cc1nnc(NC(=O)c2cnc(Cl)c(Cl)c2)nc1C. The highest BCUT2D eigenvalue weighted by atomic mass is 35.5. The molecule has 0 bridgehead atoms. The largest absolute Gasteiger partial charge is 0.289 e. The van der Waals surface area contributed by atoms with Crippen molar-refractivity contribution in [2.45, 2.75) is 13.8 Å². The molecule has 1 amide bonds. The summed E-state index contributed by atoms with van der Waals surface area (Å²) in [6, 6.07) is 1.42. The van der Waals surface area contributed by atoms with Crippen LogP contribution in [0, 0.1) is 13.8 Å². The van der Waals surface area contributed by atoms with Gasteiger partial charge in [0.2, 0.25) is 5.95 Å². The van der Waals surface area contributed by atoms with Crippen molar-refractivity contribution < 1.29 is 4.79 Å². The van der Waals surface area contributed by atoms with Crippen LogP contribution >= 0.6 is 23.2 Å². The lowest BCUT2D eigenvalue weighted by atomic mass is 10.3. The van der Waals surface area contributed by atoms with Crippen LogP contribution in [0.15, 0.2) is 12.3 Å². The van der Waals surface area contributed by atoms with Gasteiger partial charge in [-0.15, -0.1) is 5.10 Å². The average Bonchev–Trinajstić information content (AvgIpc) is 2.37. The van der Waals surface area contributed by atoms with Gasteiger partial charge in [0, 0.05) is 6.20 Å². The summed E-state index contributed by atoms with van der Waals surface area (Å²) in [5.74, 6) is -0.310. The van der Waals surface area contributed by atoms with Crippen LogP contribution in [-0.2, 0) is 0 Å². The fourth-order valence-electron chi connectivity index (χ4n) is 1.23. The minimum Gasteiger partial charge on any atom is -0.289 e. The molecule has 98 valence electrons. The van der Waals surface area contributed by atoms with Gasteiger partial charge in [-0.3, -0.25) is 10.1 Å². The molecule has 0 saturated heterocycles. The monoisotopic (exact) mass is 297 g/mol. The summed E-state index contributed by atoms with van der Waals surface area (Å²) in [6.45, 7) is 3.56. The first-order valence-electron chi connectivity index (χ1n) is 5.27. The van der Waals surface area contributed by atoms with Crippen LogP contribution in [0.4, 0.5) is 5.95 Å². The van der Waals surface area contributed by atoms with Gasteiger partial charge in [0.1, 0.15) is 5.15 Å². The van der Waals surface area contributed by atoms with Gasteiger partial charge >= 0.3 is 0 Å². The molecule has 0 spiro atoms. The third-order valence-corrected chi connectivity index (χ3v) is 3.06. The molecule has 2 aromatic rings. The number of pyridine rings is 1. The highest BCUT2D eigenvalue weighted by molar-refractivity contribution is 6.41. The van der Waals surface area contributed by atoms with Crippen LogP contribution in [0.2, 0.25) is 10.2 Å². The Hall–Kier alpha value is -1.79. The van der Waals surface area contributed by atoms with Crippen molar-refractivity contribution >= 4 is 35.1 Å². The molecular weight excluding hydrogens is 289 g/mol. The molecule has 0 radical (unpaired) electrons. The van der Waals surface area contributed by atoms with E-state index < -0.39 is 5.91 Å². The second-order valence-corrected chi connectivity index (χ2v) is 4.52. The van der Waals surface area contributed by atoms with E-state index in [4.69, 9.17) is 23.2 Å². The minimum atomic E-state index is -0.434. The number of rotatable bonds is 2. The van der Waals surface area contributed by atoms with Crippen LogP contribution in [0.25, 0.3) is 0 Å². The van der Waals surface area contributed by atoms with Crippen LogP contribution in [0.5, 0.6) is 0 Å². The number of nitrogens with zero attached hydrogens (tertiary/aromatic N) is 4. The average molecular weight is 298 g/mol. The van der Waals surface area contributed by atoms with Crippen LogP contribution in [0.1, 0.15) is 21.7 Å². The third-order valence-electron chi connectivity index (χ3n) is 2.38. The molecule has 0 fully saturated rings. The Morgan fingerprint density at radius 1 is 1.21 bits per heavy atom. The van der Waals surface area contributed by atoms with Crippen LogP contribution in [-0.4, -0.2) is 26.1 Å². The molecule has 0 saturated carbocycles. The topological polar surface area (TPSA) is 80.7 Å². The summed E-state index contributed by atoms with van der Waals surface area (Å²) in [7, 11) is 0. The zero-order valence-electron chi connectivity index (χ0n) is 10.1. The van der Waals surface area contributed by atoms with Crippen LogP contribution in [0.3, 0.4) is 0 Å². The highest BCUT2D eigenvalue weighted by Gasteiger charge is 2.11. The number of hydrogen-bond acceptors (Lipinski definition) is 5. The molecule has 0 aliphatic rings. The Kier molecular flexibility index (Phi) is 3.92. The number of anilines is 1. The zero-order valence-corrected chi connectivity index (χ0v) is 11.6. The first-order valence-corrected chi connectivity index (χ1v) is 6.03. The van der Waals surface area contributed by atoms with Gasteiger partial charge in [-0.1, -0.05) is 23.2 Å². The number of aryl methyl sites for hydroxylation is 2. The van der Waals surface area contributed by atoms with Gasteiger partial charge in [0.05, 0.1) is 22.0 Å². The van der Waals surface area contributed by atoms with Crippen molar-refractivity contribution in [2.75, 3.05) is 5.32 Å². The molecule has 6 nitrogen and oxygen atoms in total. The molecule has 0 aliphatic carbocycles. The standard InChI is InChI=1S/C11H9Cl2N5O/c1-5-6(2)17-18-11(15-5)16-10(19)7-3-8(12)9(13)14-4-7/h3-4H,1-2H3,(H,15,16,18,19). The first kappa shape index (κ1) is 13.6. The maximum absolute atomic E-state index is 11.9. The van der Waals surface area contributed by atoms with Crippen molar-refractivity contribution in [2.24, 2.45) is 0 Å². The molecule has 8 heteroatoms. The second-order valence-electron chi connectivity index (χ2n) is 3.76. The lowest BCUT2D eigenvalue weighted by Crippen LogP contribution is -2.16. The van der Waals surface area contributed by atoms with Gasteiger partial charge in [0.25, 0.3) is 5.91 Å². The maximum Gasteiger partial charge on any atom is 0.259 e. The third kappa shape index (κ3) is 3.15. The summed E-state index contributed by atoms with van der Waals surface area (Å²) in [5, 5.41) is 10.5. The summed E-state index contributed by atoms with van der Waals surface area (Å²) < 4.78 is 0. The normalized spacial score (nSPS) is 10.3. The van der Waals surface area contributed by atoms with Crippen molar-refractivity contribution in [3.63, 3.8) is 0 Å². The van der Waals surface area contributed by atoms with Crippen molar-refractivity contribution in [1.29, 1.82) is 0 Å². The predicted molar refractivity (Wildman–Crippen MR) is 71.5 cm³/mol. The summed E-state index contributed by atoms with van der Waals surface area (Å²) in [4.78, 5) is 19.8. The Morgan fingerprint density at radius 2 is 1.95 bits per heavy atom. The van der Waals surface area contributed by atoms with E-state index in [-0.39, 0.29) is 21.7 Å². The number of nitrogens with one attached hydrogen (secondary N) is 1. The maximum atomic E-state index is 11.9. The molecule has 0 unspecified atom stereocenters. The number of aromatic nitrogens is 4. The molecule has 0 atom stereocenters. The fourth-order valence-corrected chi connectivity index (χ4v) is 1.50. The molecule has 19 heavy (non-hydrogen) atoms. The van der Waals surface area contributed by atoms with E-state index in [9.17, 15) is 4.79 Å². The molecule has 2 aromatic heterocycles. The van der Waals surface area contributed by atoms with E-state index >= 15 is 0 Å². The van der Waals surface area contributed by atoms with Gasteiger partial charge in [-0.05, 0) is 19.9 Å². The smallest absolute Gasteiger partial charge is 0.259 e. The van der Waals surface area contributed by atoms with Crippen molar-refractivity contribution in [3.05, 3.63) is 39.4 Å². The fraction of sp³-hybridized carbons (Fsp3) is 0.182. The Bertz CT molecular complexity index is 647. The van der Waals surface area contributed by atoms with E-state index in [0.717, 1.165) is 0 Å².